The number of hydrogen-bond acceptors (Lipinski definition) is 6. The van der Waals surface area contributed by atoms with Crippen molar-refractivity contribution in [1.82, 2.24) is 9.55 Å². The van der Waals surface area contributed by atoms with Crippen molar-refractivity contribution in [1.29, 1.82) is 0 Å². The van der Waals surface area contributed by atoms with E-state index in [1.54, 1.807) is 36.1 Å². The van der Waals surface area contributed by atoms with Crippen molar-refractivity contribution in [2.45, 2.75) is 37.6 Å². The second-order valence-electron chi connectivity index (χ2n) is 9.95. The molecule has 2 atom stereocenters. The first kappa shape index (κ1) is 27.8. The van der Waals surface area contributed by atoms with Gasteiger partial charge in [0.1, 0.15) is 22.7 Å². The second-order valence-corrected chi connectivity index (χ2v) is 10.8. The van der Waals surface area contributed by atoms with Crippen LogP contribution in [0.1, 0.15) is 30.0 Å². The molecular formula is C30H30Cl2N4O4. The summed E-state index contributed by atoms with van der Waals surface area (Å²) in [5.74, 6) is 0.961. The summed E-state index contributed by atoms with van der Waals surface area (Å²) in [4.78, 5) is 30.6. The van der Waals surface area contributed by atoms with Crippen LogP contribution in [0.25, 0.3) is 10.8 Å². The zero-order valence-corrected chi connectivity index (χ0v) is 24.0. The zero-order valence-electron chi connectivity index (χ0n) is 22.5. The highest BCUT2D eigenvalue weighted by molar-refractivity contribution is 6.33. The van der Waals surface area contributed by atoms with Crippen LogP contribution < -0.4 is 16.2 Å². The number of amides is 1. The number of alkyl halides is 1. The minimum absolute atomic E-state index is 0.157. The molecule has 1 aromatic carbocycles. The Labute approximate surface area is 242 Å². The fourth-order valence-electron chi connectivity index (χ4n) is 4.92. The lowest BCUT2D eigenvalue weighted by molar-refractivity contribution is -0.111. The van der Waals surface area contributed by atoms with Gasteiger partial charge in [-0.3, -0.25) is 9.59 Å². The van der Waals surface area contributed by atoms with Crippen LogP contribution in [-0.2, 0) is 20.8 Å². The Morgan fingerprint density at radius 2 is 2.02 bits per heavy atom. The topological polar surface area (TPSA) is 94.5 Å². The fourth-order valence-corrected chi connectivity index (χ4v) is 5.76. The monoisotopic (exact) mass is 580 g/mol. The summed E-state index contributed by atoms with van der Waals surface area (Å²) in [5.41, 5.74) is 2.68. The van der Waals surface area contributed by atoms with Gasteiger partial charge in [-0.2, -0.15) is 0 Å². The van der Waals surface area contributed by atoms with Gasteiger partial charge in [-0.25, -0.2) is 4.98 Å². The molecule has 2 N–H and O–H groups in total. The predicted octanol–water partition coefficient (Wildman–Crippen LogP) is 6.31. The van der Waals surface area contributed by atoms with Crippen molar-refractivity contribution in [2.24, 2.45) is 5.92 Å². The Kier molecular flexibility index (Phi) is 7.92. The number of hydrogen-bond donors (Lipinski definition) is 2. The number of para-hydroxylation sites is 1. The second kappa shape index (κ2) is 11.4. The van der Waals surface area contributed by atoms with E-state index in [1.807, 2.05) is 25.1 Å². The molecule has 0 aliphatic heterocycles. The third-order valence-corrected chi connectivity index (χ3v) is 8.14. The Bertz CT molecular complexity index is 1620. The standard InChI is InChI=1S/C30H30Cl2N4O4/c1-5-25(37)34-20-8-6-7-16(2)29(20)35-24-12-19-18(14-33-24)11-21(36(30(19)38)15-17-9-10-17)26-27(31)22(39-3)13-23(40-4)28(26)32/h5-8,11-14,17,26-27H,1,9-10,15H2,2-4H3,(H,33,35)(H,34,37). The number of aromatic nitrogens is 2. The lowest BCUT2D eigenvalue weighted by Crippen LogP contribution is -2.31. The molecule has 5 rings (SSSR count). The largest absolute Gasteiger partial charge is 0.499 e. The number of halogens is 2. The van der Waals surface area contributed by atoms with Crippen LogP contribution in [-0.4, -0.2) is 35.1 Å². The first-order valence-electron chi connectivity index (χ1n) is 12.9. The highest BCUT2D eigenvalue weighted by Gasteiger charge is 2.37. The predicted molar refractivity (Wildman–Crippen MR) is 159 cm³/mol. The van der Waals surface area contributed by atoms with Crippen molar-refractivity contribution in [3.8, 4) is 0 Å². The van der Waals surface area contributed by atoms with E-state index < -0.39 is 11.3 Å². The van der Waals surface area contributed by atoms with Crippen molar-refractivity contribution >= 4 is 57.1 Å². The molecule has 0 bridgehead atoms. The van der Waals surface area contributed by atoms with Crippen LogP contribution in [0.5, 0.6) is 0 Å². The summed E-state index contributed by atoms with van der Waals surface area (Å²) in [5, 5.41) is 7.03. The lowest BCUT2D eigenvalue weighted by Gasteiger charge is -2.30. The highest BCUT2D eigenvalue weighted by atomic mass is 35.5. The van der Waals surface area contributed by atoms with Gasteiger partial charge in [0, 0.05) is 29.9 Å². The van der Waals surface area contributed by atoms with Gasteiger partial charge in [0.05, 0.1) is 41.9 Å². The molecule has 0 saturated heterocycles. The summed E-state index contributed by atoms with van der Waals surface area (Å²) in [6, 6.07) is 9.21. The van der Waals surface area contributed by atoms with E-state index in [2.05, 4.69) is 22.2 Å². The quantitative estimate of drug-likeness (QED) is 0.227. The van der Waals surface area contributed by atoms with Crippen molar-refractivity contribution in [3.05, 3.63) is 93.4 Å². The van der Waals surface area contributed by atoms with Crippen LogP contribution in [0.3, 0.4) is 0 Å². The zero-order chi connectivity index (χ0) is 28.6. The van der Waals surface area contributed by atoms with E-state index in [0.717, 1.165) is 18.4 Å². The number of ether oxygens (including phenoxy) is 2. The number of fused-ring (bicyclic) bond motifs is 1. The molecule has 1 amide bonds. The van der Waals surface area contributed by atoms with Gasteiger partial charge in [0.15, 0.2) is 0 Å². The van der Waals surface area contributed by atoms with Gasteiger partial charge >= 0.3 is 0 Å². The molecule has 0 radical (unpaired) electrons. The Morgan fingerprint density at radius 1 is 1.25 bits per heavy atom. The number of rotatable bonds is 9. The fraction of sp³-hybridized carbons (Fsp3) is 0.300. The van der Waals surface area contributed by atoms with Crippen LogP contribution in [0.15, 0.2) is 76.6 Å². The van der Waals surface area contributed by atoms with Gasteiger partial charge in [-0.1, -0.05) is 30.3 Å². The van der Waals surface area contributed by atoms with Crippen LogP contribution in [0, 0.1) is 12.8 Å². The first-order chi connectivity index (χ1) is 19.2. The van der Waals surface area contributed by atoms with E-state index in [1.165, 1.54) is 13.2 Å². The maximum Gasteiger partial charge on any atom is 0.258 e. The number of nitrogens with zero attached hydrogens (tertiary/aromatic N) is 2. The van der Waals surface area contributed by atoms with Crippen molar-refractivity contribution in [2.75, 3.05) is 24.9 Å². The molecule has 0 spiro atoms. The minimum atomic E-state index is -0.627. The number of carbonyl (C=O) groups excluding carboxylic acids is 1. The molecule has 10 heteroatoms. The van der Waals surface area contributed by atoms with Crippen LogP contribution in [0.2, 0.25) is 0 Å². The number of allylic oxidation sites excluding steroid dienone is 3. The molecule has 208 valence electrons. The van der Waals surface area contributed by atoms with Gasteiger partial charge in [0.25, 0.3) is 5.56 Å². The average molecular weight is 582 g/mol. The van der Waals surface area contributed by atoms with E-state index in [9.17, 15) is 9.59 Å². The number of aryl methyl sites for hydroxylation is 1. The van der Waals surface area contributed by atoms with Crippen molar-refractivity contribution in [3.63, 3.8) is 0 Å². The summed E-state index contributed by atoms with van der Waals surface area (Å²) in [6.07, 6.45) is 6.66. The van der Waals surface area contributed by atoms with Gasteiger partial charge in [0.2, 0.25) is 5.91 Å². The summed E-state index contributed by atoms with van der Waals surface area (Å²) in [6.45, 7) is 6.00. The molecule has 2 aliphatic carbocycles. The van der Waals surface area contributed by atoms with Crippen LogP contribution >= 0.6 is 23.2 Å². The van der Waals surface area contributed by atoms with Gasteiger partial charge in [-0.15, -0.1) is 11.6 Å². The third kappa shape index (κ3) is 5.33. The summed E-state index contributed by atoms with van der Waals surface area (Å²) in [7, 11) is 3.08. The smallest absolute Gasteiger partial charge is 0.258 e. The Balaban J connectivity index is 1.61. The van der Waals surface area contributed by atoms with E-state index in [-0.39, 0.29) is 11.5 Å². The number of benzene rings is 1. The number of anilines is 3. The molecule has 3 aromatic rings. The number of methoxy groups -OCH3 is 2. The average Bonchev–Trinajstić information content (AvgIpc) is 3.77. The van der Waals surface area contributed by atoms with E-state index in [4.69, 9.17) is 32.7 Å². The van der Waals surface area contributed by atoms with Gasteiger partial charge < -0.3 is 24.7 Å². The molecule has 40 heavy (non-hydrogen) atoms. The Hall–Kier alpha value is -3.75. The summed E-state index contributed by atoms with van der Waals surface area (Å²) < 4.78 is 12.8. The molecule has 8 nitrogen and oxygen atoms in total. The van der Waals surface area contributed by atoms with E-state index in [0.29, 0.717) is 62.7 Å². The maximum atomic E-state index is 14.1. The Morgan fingerprint density at radius 3 is 2.70 bits per heavy atom. The van der Waals surface area contributed by atoms with Crippen LogP contribution in [0.4, 0.5) is 17.2 Å². The summed E-state index contributed by atoms with van der Waals surface area (Å²) >= 11 is 13.7. The third-order valence-electron chi connectivity index (χ3n) is 7.25. The molecule has 2 heterocycles. The van der Waals surface area contributed by atoms with Gasteiger partial charge in [-0.05, 0) is 55.5 Å². The first-order valence-corrected chi connectivity index (χ1v) is 13.7. The number of carbonyl (C=O) groups is 1. The molecular weight excluding hydrogens is 551 g/mol. The normalized spacial score (nSPS) is 18.8. The maximum absolute atomic E-state index is 14.1. The highest BCUT2D eigenvalue weighted by Crippen LogP contribution is 2.44. The molecule has 2 aliphatic rings. The molecule has 2 aromatic heterocycles. The lowest BCUT2D eigenvalue weighted by atomic mass is 9.92. The minimum Gasteiger partial charge on any atom is -0.499 e. The molecule has 1 saturated carbocycles. The SMILES string of the molecule is C=CC(=O)Nc1cccc(C)c1Nc1cc2c(=O)n(CC3CC3)c(C3C(Cl)=C(OC)C=C(OC)C3Cl)cc2cn1. The number of nitrogens with one attached hydrogen (secondary N) is 2. The van der Waals surface area contributed by atoms with Crippen molar-refractivity contribution < 1.29 is 14.3 Å². The molecule has 1 fully saturated rings. The molecule has 2 unspecified atom stereocenters. The number of pyridine rings is 2. The van der Waals surface area contributed by atoms with E-state index >= 15 is 0 Å².